The summed E-state index contributed by atoms with van der Waals surface area (Å²) in [6, 6.07) is 38.3. The third-order valence-corrected chi connectivity index (χ3v) is 9.53. The SMILES string of the molecule is c1ccc(Oc2cccc(Oc3ccc4c5ccc(Oc6cccc(Oc7ccccn7)c6)cc5p(-c5ncncn5)c4c3)c2)nc1. The molecular formula is C37H24N5O4P. The molecule has 0 atom stereocenters. The second kappa shape index (κ2) is 12.6. The van der Waals surface area contributed by atoms with Crippen molar-refractivity contribution in [2.75, 3.05) is 0 Å². The Labute approximate surface area is 270 Å². The number of fused-ring (bicyclic) bond motifs is 3. The molecule has 0 radical (unpaired) electrons. The molecule has 0 saturated heterocycles. The van der Waals surface area contributed by atoms with Gasteiger partial charge in [-0.05, 0) is 91.1 Å². The first-order valence-corrected chi connectivity index (χ1v) is 16.0. The van der Waals surface area contributed by atoms with E-state index >= 15 is 0 Å². The van der Waals surface area contributed by atoms with Crippen LogP contribution in [0.3, 0.4) is 0 Å². The monoisotopic (exact) mass is 633 g/mol. The van der Waals surface area contributed by atoms with Crippen molar-refractivity contribution in [3.05, 3.63) is 146 Å². The van der Waals surface area contributed by atoms with Crippen molar-refractivity contribution < 1.29 is 18.9 Å². The molecule has 4 heterocycles. The fraction of sp³-hybridized carbons (Fsp3) is 0. The van der Waals surface area contributed by atoms with Gasteiger partial charge in [0.2, 0.25) is 11.8 Å². The van der Waals surface area contributed by atoms with Gasteiger partial charge in [0.15, 0.2) is 5.57 Å². The van der Waals surface area contributed by atoms with Crippen LogP contribution in [0.5, 0.6) is 46.3 Å². The van der Waals surface area contributed by atoms with Crippen molar-refractivity contribution in [2.24, 2.45) is 0 Å². The van der Waals surface area contributed by atoms with E-state index in [-0.39, 0.29) is 0 Å². The Bertz CT molecular complexity index is 2180. The quantitative estimate of drug-likeness (QED) is 0.154. The number of ether oxygens (including phenoxy) is 4. The molecule has 0 saturated carbocycles. The fourth-order valence-electron chi connectivity index (χ4n) is 5.20. The summed E-state index contributed by atoms with van der Waals surface area (Å²) in [7, 11) is -1.12. The van der Waals surface area contributed by atoms with Crippen molar-refractivity contribution in [3.8, 4) is 51.8 Å². The lowest BCUT2D eigenvalue weighted by molar-refractivity contribution is 0.448. The van der Waals surface area contributed by atoms with E-state index in [1.807, 2.05) is 84.9 Å². The zero-order valence-electron chi connectivity index (χ0n) is 24.7. The summed E-state index contributed by atoms with van der Waals surface area (Å²) in [6.45, 7) is 0. The van der Waals surface area contributed by atoms with Crippen LogP contribution in [0.15, 0.2) is 146 Å². The minimum Gasteiger partial charge on any atom is -0.457 e. The van der Waals surface area contributed by atoms with Crippen molar-refractivity contribution in [2.45, 2.75) is 0 Å². The molecule has 0 amide bonds. The van der Waals surface area contributed by atoms with Crippen LogP contribution in [0.1, 0.15) is 0 Å². The molecule has 0 spiro atoms. The summed E-state index contributed by atoms with van der Waals surface area (Å²) < 4.78 is 24.5. The van der Waals surface area contributed by atoms with Crippen LogP contribution >= 0.6 is 7.53 Å². The average Bonchev–Trinajstić information content (AvgIpc) is 3.42. The van der Waals surface area contributed by atoms with Crippen molar-refractivity contribution in [1.29, 1.82) is 0 Å². The number of pyridine rings is 2. The van der Waals surface area contributed by atoms with Crippen LogP contribution < -0.4 is 18.9 Å². The average molecular weight is 634 g/mol. The number of aromatic nitrogens is 5. The maximum Gasteiger partial charge on any atom is 0.219 e. The third-order valence-electron chi connectivity index (χ3n) is 7.19. The van der Waals surface area contributed by atoms with Gasteiger partial charge in [-0.15, -0.1) is 0 Å². The van der Waals surface area contributed by atoms with Gasteiger partial charge in [0.25, 0.3) is 0 Å². The first-order valence-electron chi connectivity index (χ1n) is 14.7. The van der Waals surface area contributed by atoms with Gasteiger partial charge in [0.05, 0.1) is 0 Å². The second-order valence-corrected chi connectivity index (χ2v) is 12.4. The van der Waals surface area contributed by atoms with E-state index in [0.717, 1.165) is 21.0 Å². The minimum atomic E-state index is -1.12. The summed E-state index contributed by atoms with van der Waals surface area (Å²) in [5.74, 6) is 4.94. The maximum absolute atomic E-state index is 6.34. The highest BCUT2D eigenvalue weighted by molar-refractivity contribution is 7.67. The van der Waals surface area contributed by atoms with Crippen molar-refractivity contribution in [3.63, 3.8) is 0 Å². The lowest BCUT2D eigenvalue weighted by Crippen LogP contribution is -1.88. The number of benzene rings is 4. The Hall–Kier alpha value is -6.31. The van der Waals surface area contributed by atoms with E-state index in [9.17, 15) is 0 Å². The van der Waals surface area contributed by atoms with E-state index in [0.29, 0.717) is 51.8 Å². The molecular weight excluding hydrogens is 609 g/mol. The smallest absolute Gasteiger partial charge is 0.219 e. The van der Waals surface area contributed by atoms with Gasteiger partial charge in [-0.25, -0.2) is 24.9 Å². The Balaban J connectivity index is 1.13. The Morgan fingerprint density at radius 1 is 0.404 bits per heavy atom. The number of rotatable bonds is 9. The molecule has 4 aromatic heterocycles. The summed E-state index contributed by atoms with van der Waals surface area (Å²) in [5, 5.41) is 4.37. The lowest BCUT2D eigenvalue weighted by atomic mass is 10.1. The number of nitrogens with zero attached hydrogens (tertiary/aromatic N) is 5. The van der Waals surface area contributed by atoms with Crippen molar-refractivity contribution >= 4 is 28.5 Å². The van der Waals surface area contributed by atoms with E-state index in [1.165, 1.54) is 12.7 Å². The molecule has 0 aliphatic heterocycles. The maximum atomic E-state index is 6.34. The molecule has 0 N–H and O–H groups in total. The standard InChI is InChI=1S/C37H24N5O4P/c1-3-17-39-35(11-1)45-27-9-5-7-25(19-27)43-29-13-15-31-32-16-14-30(22-34(32)47(33(31)21-29)37-41-23-38-24-42-37)44-26-8-6-10-28(20-26)46-36-12-2-4-18-40-36/h1-24H. The Morgan fingerprint density at radius 3 is 1.34 bits per heavy atom. The van der Waals surface area contributed by atoms with Gasteiger partial charge in [-0.2, -0.15) is 0 Å². The van der Waals surface area contributed by atoms with Crippen molar-refractivity contribution in [1.82, 2.24) is 24.9 Å². The van der Waals surface area contributed by atoms with Gasteiger partial charge >= 0.3 is 0 Å². The first kappa shape index (κ1) is 28.2. The van der Waals surface area contributed by atoms with Crippen LogP contribution in [0.2, 0.25) is 0 Å². The summed E-state index contributed by atoms with van der Waals surface area (Å²) in [6.07, 6.45) is 6.44. The molecule has 8 aromatic rings. The molecule has 0 aliphatic carbocycles. The zero-order chi connectivity index (χ0) is 31.4. The molecule has 8 rings (SSSR count). The molecule has 0 unspecified atom stereocenters. The zero-order valence-corrected chi connectivity index (χ0v) is 25.6. The Morgan fingerprint density at radius 2 is 0.872 bits per heavy atom. The highest BCUT2D eigenvalue weighted by Gasteiger charge is 2.18. The molecule has 10 heteroatoms. The van der Waals surface area contributed by atoms with Crippen LogP contribution in [-0.2, 0) is 0 Å². The predicted molar refractivity (Wildman–Crippen MR) is 181 cm³/mol. The van der Waals surface area contributed by atoms with Crippen LogP contribution in [0, 0.1) is 0 Å². The third kappa shape index (κ3) is 6.16. The number of hydrogen-bond acceptors (Lipinski definition) is 9. The Kier molecular flexibility index (Phi) is 7.55. The largest absolute Gasteiger partial charge is 0.457 e. The van der Waals surface area contributed by atoms with Gasteiger partial charge in [0.1, 0.15) is 47.2 Å². The summed E-state index contributed by atoms with van der Waals surface area (Å²) >= 11 is 0. The topological polar surface area (TPSA) is 101 Å². The van der Waals surface area contributed by atoms with Gasteiger partial charge < -0.3 is 18.9 Å². The molecule has 9 nitrogen and oxygen atoms in total. The van der Waals surface area contributed by atoms with Crippen LogP contribution in [0.4, 0.5) is 0 Å². The first-order chi connectivity index (χ1) is 23.2. The molecule has 0 bridgehead atoms. The summed E-state index contributed by atoms with van der Waals surface area (Å²) in [5.41, 5.74) is 0.695. The highest BCUT2D eigenvalue weighted by atomic mass is 31.1. The highest BCUT2D eigenvalue weighted by Crippen LogP contribution is 2.55. The fourth-order valence-corrected chi connectivity index (χ4v) is 7.61. The summed E-state index contributed by atoms with van der Waals surface area (Å²) in [4.78, 5) is 21.7. The molecule has 4 aromatic carbocycles. The van der Waals surface area contributed by atoms with E-state index in [1.54, 1.807) is 24.5 Å². The van der Waals surface area contributed by atoms with Crippen LogP contribution in [0.25, 0.3) is 26.6 Å². The number of hydrogen-bond donors (Lipinski definition) is 0. The lowest BCUT2D eigenvalue weighted by Gasteiger charge is -2.09. The van der Waals surface area contributed by atoms with Gasteiger partial charge in [-0.3, -0.25) is 0 Å². The molecule has 0 aliphatic rings. The van der Waals surface area contributed by atoms with E-state index in [4.69, 9.17) is 18.9 Å². The normalized spacial score (nSPS) is 11.0. The minimum absolute atomic E-state index is 0.511. The second-order valence-electron chi connectivity index (χ2n) is 10.3. The van der Waals surface area contributed by atoms with Gasteiger partial charge in [-0.1, -0.05) is 24.3 Å². The van der Waals surface area contributed by atoms with E-state index < -0.39 is 7.53 Å². The predicted octanol–water partition coefficient (Wildman–Crippen LogP) is 10.1. The van der Waals surface area contributed by atoms with Gasteiger partial charge in [0, 0.05) is 46.9 Å². The van der Waals surface area contributed by atoms with E-state index in [2.05, 4.69) is 49.2 Å². The van der Waals surface area contributed by atoms with Crippen LogP contribution in [-0.4, -0.2) is 24.9 Å². The molecule has 47 heavy (non-hydrogen) atoms. The molecule has 226 valence electrons. The molecule has 0 fully saturated rings.